The molecule has 0 unspecified atom stereocenters. The van der Waals surface area contributed by atoms with Crippen LogP contribution in [-0.2, 0) is 23.9 Å². The van der Waals surface area contributed by atoms with E-state index in [1.54, 1.807) is 19.1 Å². The maximum absolute atomic E-state index is 14.3. The number of ketones is 1. The van der Waals surface area contributed by atoms with Crippen molar-refractivity contribution in [1.29, 1.82) is 0 Å². The summed E-state index contributed by atoms with van der Waals surface area (Å²) in [5, 5.41) is 34.0. The van der Waals surface area contributed by atoms with Gasteiger partial charge in [0.1, 0.15) is 6.10 Å². The third kappa shape index (κ3) is 2.91. The summed E-state index contributed by atoms with van der Waals surface area (Å²) in [4.78, 5) is 39.7. The van der Waals surface area contributed by atoms with Gasteiger partial charge in [0.25, 0.3) is 0 Å². The molecule has 7 atom stereocenters. The Morgan fingerprint density at radius 2 is 1.76 bits per heavy atom. The highest BCUT2D eigenvalue weighted by Gasteiger charge is 2.73. The molecule has 0 aliphatic heterocycles. The molecule has 0 aromatic rings. The zero-order chi connectivity index (χ0) is 25.4. The monoisotopic (exact) mass is 476 g/mol. The molecule has 0 amide bonds. The zero-order valence-electron chi connectivity index (χ0n) is 20.8. The summed E-state index contributed by atoms with van der Waals surface area (Å²) in [5.41, 5.74) is -5.15. The van der Waals surface area contributed by atoms with E-state index >= 15 is 0 Å². The number of esters is 2. The lowest BCUT2D eigenvalue weighted by Crippen LogP contribution is -2.66. The molecule has 0 aromatic carbocycles. The molecule has 188 valence electrons. The largest absolute Gasteiger partial charge is 0.468 e. The molecule has 0 aromatic heterocycles. The minimum Gasteiger partial charge on any atom is -0.468 e. The van der Waals surface area contributed by atoms with Crippen molar-refractivity contribution < 1.29 is 39.2 Å². The molecule has 2 fully saturated rings. The summed E-state index contributed by atoms with van der Waals surface area (Å²) in [7, 11) is 1.20. The number of Topliss-reactive ketones (excluding diaryl/α,β-unsaturated/α-hetero) is 1. The number of aliphatic hydroxyl groups excluding tert-OH is 2. The van der Waals surface area contributed by atoms with Crippen LogP contribution < -0.4 is 0 Å². The Labute approximate surface area is 200 Å². The lowest BCUT2D eigenvalue weighted by Gasteiger charge is -2.48. The highest BCUT2D eigenvalue weighted by atomic mass is 16.6. The van der Waals surface area contributed by atoms with E-state index < -0.39 is 58.5 Å². The molecule has 0 saturated heterocycles. The van der Waals surface area contributed by atoms with Crippen LogP contribution in [0.5, 0.6) is 0 Å². The molecular weight excluding hydrogens is 440 g/mol. The molecular formula is C26H36O8. The Bertz CT molecular complexity index is 989. The van der Waals surface area contributed by atoms with Gasteiger partial charge in [0.15, 0.2) is 22.9 Å². The van der Waals surface area contributed by atoms with Gasteiger partial charge >= 0.3 is 11.9 Å². The fraction of sp³-hybridized carbons (Fsp3) is 0.731. The van der Waals surface area contributed by atoms with Crippen molar-refractivity contribution in [2.45, 2.75) is 71.7 Å². The molecule has 2 bridgehead atoms. The molecule has 1 spiro atoms. The van der Waals surface area contributed by atoms with Crippen LogP contribution in [0.25, 0.3) is 0 Å². The molecule has 4 aliphatic carbocycles. The summed E-state index contributed by atoms with van der Waals surface area (Å²) in [5.74, 6) is -2.76. The number of hydrogen-bond donors (Lipinski definition) is 3. The van der Waals surface area contributed by atoms with E-state index in [0.717, 1.165) is 0 Å². The third-order valence-electron chi connectivity index (χ3n) is 9.45. The predicted octanol–water partition coefficient (Wildman–Crippen LogP) is 1.71. The second-order valence-corrected chi connectivity index (χ2v) is 11.4. The number of rotatable bonds is 4. The fourth-order valence-electron chi connectivity index (χ4n) is 6.69. The topological polar surface area (TPSA) is 130 Å². The molecule has 34 heavy (non-hydrogen) atoms. The zero-order valence-corrected chi connectivity index (χ0v) is 20.8. The highest BCUT2D eigenvalue weighted by Crippen LogP contribution is 2.63. The molecule has 0 radical (unpaired) electrons. The van der Waals surface area contributed by atoms with Gasteiger partial charge in [-0.25, -0.2) is 0 Å². The average molecular weight is 477 g/mol. The van der Waals surface area contributed by atoms with Gasteiger partial charge in [0, 0.05) is 5.92 Å². The Balaban J connectivity index is 1.88. The van der Waals surface area contributed by atoms with Gasteiger partial charge in [-0.15, -0.1) is 0 Å². The van der Waals surface area contributed by atoms with Crippen molar-refractivity contribution in [3.8, 4) is 0 Å². The van der Waals surface area contributed by atoms with Crippen LogP contribution in [-0.4, -0.2) is 64.6 Å². The summed E-state index contributed by atoms with van der Waals surface area (Å²) in [6.07, 6.45) is 1.37. The summed E-state index contributed by atoms with van der Waals surface area (Å²) >= 11 is 0. The van der Waals surface area contributed by atoms with E-state index in [-0.39, 0.29) is 36.0 Å². The molecule has 8 nitrogen and oxygen atoms in total. The lowest BCUT2D eigenvalue weighted by atomic mass is 9.59. The summed E-state index contributed by atoms with van der Waals surface area (Å²) in [6.45, 7) is 9.01. The van der Waals surface area contributed by atoms with Gasteiger partial charge in [0.2, 0.25) is 0 Å². The van der Waals surface area contributed by atoms with Crippen LogP contribution in [0, 0.1) is 34.0 Å². The normalized spacial score (nSPS) is 41.9. The molecule has 2 saturated carbocycles. The fourth-order valence-corrected chi connectivity index (χ4v) is 6.69. The van der Waals surface area contributed by atoms with Gasteiger partial charge in [-0.3, -0.25) is 14.4 Å². The molecule has 8 heteroatoms. The number of carbonyl (C=O) groups is 3. The van der Waals surface area contributed by atoms with Gasteiger partial charge in [0.05, 0.1) is 19.1 Å². The predicted molar refractivity (Wildman–Crippen MR) is 121 cm³/mol. The number of hydrogen-bond acceptors (Lipinski definition) is 8. The van der Waals surface area contributed by atoms with Crippen LogP contribution in [0.3, 0.4) is 0 Å². The van der Waals surface area contributed by atoms with E-state index in [1.165, 1.54) is 7.11 Å². The van der Waals surface area contributed by atoms with Crippen LogP contribution in [0.4, 0.5) is 0 Å². The van der Waals surface area contributed by atoms with Crippen LogP contribution in [0.15, 0.2) is 23.3 Å². The maximum Gasteiger partial charge on any atom is 0.324 e. The smallest absolute Gasteiger partial charge is 0.324 e. The van der Waals surface area contributed by atoms with Gasteiger partial charge in [-0.1, -0.05) is 39.8 Å². The Morgan fingerprint density at radius 3 is 2.29 bits per heavy atom. The Morgan fingerprint density at radius 1 is 1.15 bits per heavy atom. The van der Waals surface area contributed by atoms with Gasteiger partial charge in [-0.05, 0) is 54.6 Å². The van der Waals surface area contributed by atoms with Crippen molar-refractivity contribution in [1.82, 2.24) is 0 Å². The van der Waals surface area contributed by atoms with E-state index in [0.29, 0.717) is 12.0 Å². The summed E-state index contributed by atoms with van der Waals surface area (Å²) in [6, 6.07) is 0. The van der Waals surface area contributed by atoms with Crippen LogP contribution in [0.2, 0.25) is 0 Å². The maximum atomic E-state index is 14.3. The average Bonchev–Trinajstić information content (AvgIpc) is 3.57. The number of ether oxygens (including phenoxy) is 2. The molecule has 4 rings (SSSR count). The van der Waals surface area contributed by atoms with Crippen molar-refractivity contribution in [2.24, 2.45) is 34.0 Å². The quantitative estimate of drug-likeness (QED) is 0.318. The van der Waals surface area contributed by atoms with Crippen molar-refractivity contribution in [3.05, 3.63) is 23.3 Å². The number of allylic oxidation sites excluding steroid dienone is 1. The lowest BCUT2D eigenvalue weighted by molar-refractivity contribution is -0.206. The standard InChI is InChI=1S/C26H36O8/c1-13-11-25-15(3)9-14(2)23(4,5)17(19(25)29)10-16(12-27)18(28)26(25,32)20(13)34-22(31)24(7-8-24)21(30)33-6/h10-11,14-15,17-18,20,27-28,32H,7-9,12H2,1-6H3/t14-,15+,17+,18+,20-,25-,26-/m0/s1. The molecule has 4 aliphatic rings. The Hall–Kier alpha value is -2.03. The first kappa shape index (κ1) is 25.1. The first-order valence-corrected chi connectivity index (χ1v) is 12.0. The number of carbonyl (C=O) groups excluding carboxylic acids is 3. The highest BCUT2D eigenvalue weighted by molar-refractivity contribution is 6.03. The number of aliphatic hydroxyl groups is 3. The van der Waals surface area contributed by atoms with Crippen LogP contribution in [0.1, 0.15) is 53.9 Å². The van der Waals surface area contributed by atoms with E-state index in [2.05, 4.69) is 6.92 Å². The first-order valence-electron chi connectivity index (χ1n) is 12.0. The van der Waals surface area contributed by atoms with Crippen molar-refractivity contribution >= 4 is 17.7 Å². The third-order valence-corrected chi connectivity index (χ3v) is 9.45. The van der Waals surface area contributed by atoms with Gasteiger partial charge in [-0.2, -0.15) is 0 Å². The van der Waals surface area contributed by atoms with Crippen molar-refractivity contribution in [3.63, 3.8) is 0 Å². The molecule has 0 heterocycles. The molecule has 3 N–H and O–H groups in total. The number of methoxy groups -OCH3 is 1. The second kappa shape index (κ2) is 7.73. The van der Waals surface area contributed by atoms with Crippen LogP contribution >= 0.6 is 0 Å². The van der Waals surface area contributed by atoms with Crippen molar-refractivity contribution in [2.75, 3.05) is 13.7 Å². The van der Waals surface area contributed by atoms with E-state index in [9.17, 15) is 29.7 Å². The SMILES string of the molecule is COC(=O)C1(C(=O)O[C@H]2C(C)=C[C@]34C(=O)[C@@H](C=C(CO)[C@@H](O)[C@]23O)C(C)(C)[C@@H](C)C[C@H]4C)CC1. The minimum absolute atomic E-state index is 0.0934. The number of fused-ring (bicyclic) bond motifs is 1. The minimum atomic E-state index is -2.24. The van der Waals surface area contributed by atoms with E-state index in [1.807, 2.05) is 20.8 Å². The Kier molecular flexibility index (Phi) is 5.70. The summed E-state index contributed by atoms with van der Waals surface area (Å²) < 4.78 is 10.6. The van der Waals surface area contributed by atoms with E-state index in [4.69, 9.17) is 9.47 Å². The van der Waals surface area contributed by atoms with Gasteiger partial charge < -0.3 is 24.8 Å². The first-order chi connectivity index (χ1) is 15.7. The second-order valence-electron chi connectivity index (χ2n) is 11.4.